The minimum atomic E-state index is -0.945. The van der Waals surface area contributed by atoms with Crippen LogP contribution in [-0.2, 0) is 6.42 Å². The lowest BCUT2D eigenvalue weighted by atomic mass is 9.99. The summed E-state index contributed by atoms with van der Waals surface area (Å²) in [6, 6.07) is 23.8. The summed E-state index contributed by atoms with van der Waals surface area (Å²) in [5.74, 6) is 0. The first-order chi connectivity index (χ1) is 16.7. The van der Waals surface area contributed by atoms with Gasteiger partial charge in [-0.05, 0) is 63.9 Å². The molecule has 1 aliphatic rings. The maximum atomic E-state index is 13.7. The normalized spacial score (nSPS) is 16.9. The van der Waals surface area contributed by atoms with Crippen molar-refractivity contribution in [2.75, 3.05) is 16.8 Å². The summed E-state index contributed by atoms with van der Waals surface area (Å²) in [4.78, 5) is 30.1. The van der Waals surface area contributed by atoms with E-state index in [-0.39, 0.29) is 6.03 Å². The Morgan fingerprint density at radius 3 is 2.11 bits per heavy atom. The summed E-state index contributed by atoms with van der Waals surface area (Å²) in [6.45, 7) is 8.12. The lowest BCUT2D eigenvalue weighted by molar-refractivity contribution is -0.0947. The molecule has 1 heterocycles. The SMILES string of the molecule is Cc1ccc(NC(=O)N(O)[C@H]2N(c3ccc(C)cc3)C(=O)N(CCc3ccccc3)C2(C)C)cc1. The molecule has 7 heteroatoms. The first-order valence-corrected chi connectivity index (χ1v) is 11.8. The zero-order valence-electron chi connectivity index (χ0n) is 20.6. The van der Waals surface area contributed by atoms with E-state index >= 15 is 0 Å². The summed E-state index contributed by atoms with van der Waals surface area (Å²) >= 11 is 0. The maximum absolute atomic E-state index is 13.7. The topological polar surface area (TPSA) is 76.1 Å². The summed E-state index contributed by atoms with van der Waals surface area (Å²) < 4.78 is 0. The van der Waals surface area contributed by atoms with Crippen molar-refractivity contribution in [2.24, 2.45) is 0 Å². The van der Waals surface area contributed by atoms with E-state index in [1.54, 1.807) is 17.0 Å². The van der Waals surface area contributed by atoms with Crippen LogP contribution in [0.5, 0.6) is 0 Å². The molecule has 0 radical (unpaired) electrons. The number of urea groups is 2. The van der Waals surface area contributed by atoms with Gasteiger partial charge < -0.3 is 10.2 Å². The van der Waals surface area contributed by atoms with Crippen LogP contribution in [0.1, 0.15) is 30.5 Å². The molecule has 0 saturated carbocycles. The van der Waals surface area contributed by atoms with E-state index in [9.17, 15) is 14.8 Å². The van der Waals surface area contributed by atoms with E-state index in [1.165, 1.54) is 4.90 Å². The largest absolute Gasteiger partial charge is 0.347 e. The van der Waals surface area contributed by atoms with Gasteiger partial charge in [-0.3, -0.25) is 10.1 Å². The van der Waals surface area contributed by atoms with E-state index in [2.05, 4.69) is 5.32 Å². The third-order valence-electron chi connectivity index (χ3n) is 6.53. The van der Waals surface area contributed by atoms with Gasteiger partial charge in [-0.15, -0.1) is 0 Å². The Hall–Kier alpha value is -3.84. The zero-order valence-corrected chi connectivity index (χ0v) is 20.6. The van der Waals surface area contributed by atoms with Crippen LogP contribution in [0.4, 0.5) is 21.0 Å². The molecular formula is C28H32N4O3. The molecule has 3 aromatic rings. The predicted molar refractivity (Wildman–Crippen MR) is 138 cm³/mol. The lowest BCUT2D eigenvalue weighted by Gasteiger charge is -2.38. The van der Waals surface area contributed by atoms with Crippen LogP contribution in [-0.4, -0.2) is 45.5 Å². The highest BCUT2D eigenvalue weighted by atomic mass is 16.5. The van der Waals surface area contributed by atoms with Gasteiger partial charge in [0.2, 0.25) is 0 Å². The molecule has 182 valence electrons. The van der Waals surface area contributed by atoms with Crippen LogP contribution in [0, 0.1) is 13.8 Å². The number of carbonyl (C=O) groups is 2. The number of anilines is 2. The first kappa shape index (κ1) is 24.3. The van der Waals surface area contributed by atoms with Gasteiger partial charge in [-0.25, -0.2) is 9.59 Å². The average molecular weight is 473 g/mol. The van der Waals surface area contributed by atoms with Gasteiger partial charge in [-0.2, -0.15) is 5.06 Å². The van der Waals surface area contributed by atoms with Crippen molar-refractivity contribution in [3.8, 4) is 0 Å². The molecule has 0 bridgehead atoms. The third-order valence-corrected chi connectivity index (χ3v) is 6.53. The van der Waals surface area contributed by atoms with Crippen LogP contribution in [0.25, 0.3) is 0 Å². The fourth-order valence-corrected chi connectivity index (χ4v) is 4.50. The molecule has 4 amide bonds. The maximum Gasteiger partial charge on any atom is 0.347 e. The van der Waals surface area contributed by atoms with E-state index in [1.807, 2.05) is 94.4 Å². The average Bonchev–Trinajstić information content (AvgIpc) is 3.04. The molecule has 7 nitrogen and oxygen atoms in total. The minimum Gasteiger partial charge on any atom is -0.315 e. The standard InChI is InChI=1S/C28H32N4O3/c1-20-10-14-23(15-11-20)29-26(33)32(35)25-28(3,4)30(19-18-22-8-6-5-7-9-22)27(34)31(25)24-16-12-21(2)13-17-24/h5-17,25,35H,18-19H2,1-4H3,(H,29,33)/t25-/m1/s1. The number of hydrogen-bond acceptors (Lipinski definition) is 3. The van der Waals surface area contributed by atoms with Gasteiger partial charge >= 0.3 is 12.1 Å². The van der Waals surface area contributed by atoms with Crippen LogP contribution in [0.15, 0.2) is 78.9 Å². The van der Waals surface area contributed by atoms with Gasteiger partial charge in [0.15, 0.2) is 6.17 Å². The first-order valence-electron chi connectivity index (χ1n) is 11.8. The molecule has 2 N–H and O–H groups in total. The molecule has 4 rings (SSSR count). The molecule has 1 atom stereocenters. The fraction of sp³-hybridized carbons (Fsp3) is 0.286. The highest BCUT2D eigenvalue weighted by Gasteiger charge is 2.55. The van der Waals surface area contributed by atoms with Crippen molar-refractivity contribution >= 4 is 23.4 Å². The van der Waals surface area contributed by atoms with Crippen LogP contribution in [0.2, 0.25) is 0 Å². The molecule has 0 aromatic heterocycles. The smallest absolute Gasteiger partial charge is 0.315 e. The monoisotopic (exact) mass is 472 g/mol. The molecule has 1 aliphatic heterocycles. The van der Waals surface area contributed by atoms with E-state index in [0.717, 1.165) is 16.7 Å². The molecule has 0 unspecified atom stereocenters. The molecule has 1 saturated heterocycles. The number of hydrogen-bond donors (Lipinski definition) is 2. The van der Waals surface area contributed by atoms with Crippen molar-refractivity contribution in [2.45, 2.75) is 45.8 Å². The molecule has 0 spiro atoms. The summed E-state index contributed by atoms with van der Waals surface area (Å²) in [6.07, 6.45) is -0.287. The molecular weight excluding hydrogens is 440 g/mol. The third kappa shape index (κ3) is 5.00. The number of hydroxylamine groups is 2. The summed E-state index contributed by atoms with van der Waals surface area (Å²) in [5.41, 5.74) is 3.52. The Morgan fingerprint density at radius 2 is 1.51 bits per heavy atom. The van der Waals surface area contributed by atoms with Crippen molar-refractivity contribution in [1.29, 1.82) is 0 Å². The van der Waals surface area contributed by atoms with Crippen molar-refractivity contribution in [3.63, 3.8) is 0 Å². The number of amides is 4. The van der Waals surface area contributed by atoms with Gasteiger partial charge in [-0.1, -0.05) is 65.7 Å². The van der Waals surface area contributed by atoms with Crippen LogP contribution < -0.4 is 10.2 Å². The van der Waals surface area contributed by atoms with Crippen LogP contribution >= 0.6 is 0 Å². The van der Waals surface area contributed by atoms with Crippen molar-refractivity contribution in [3.05, 3.63) is 95.6 Å². The Bertz CT molecular complexity index is 1180. The number of carbonyl (C=O) groups excluding carboxylic acids is 2. The summed E-state index contributed by atoms with van der Waals surface area (Å²) in [5, 5.41) is 14.5. The number of nitrogens with one attached hydrogen (secondary N) is 1. The van der Waals surface area contributed by atoms with E-state index in [0.29, 0.717) is 29.4 Å². The second-order valence-electron chi connectivity index (χ2n) is 9.54. The Labute approximate surface area is 206 Å². The minimum absolute atomic E-state index is 0.262. The van der Waals surface area contributed by atoms with E-state index in [4.69, 9.17) is 0 Å². The van der Waals surface area contributed by atoms with Gasteiger partial charge in [0.1, 0.15) is 0 Å². The van der Waals surface area contributed by atoms with E-state index < -0.39 is 17.7 Å². The number of benzene rings is 3. The summed E-state index contributed by atoms with van der Waals surface area (Å²) in [7, 11) is 0. The fourth-order valence-electron chi connectivity index (χ4n) is 4.50. The van der Waals surface area contributed by atoms with Crippen molar-refractivity contribution < 1.29 is 14.8 Å². The zero-order chi connectivity index (χ0) is 25.2. The quantitative estimate of drug-likeness (QED) is 0.351. The second kappa shape index (κ2) is 9.80. The second-order valence-corrected chi connectivity index (χ2v) is 9.54. The van der Waals surface area contributed by atoms with Crippen molar-refractivity contribution in [1.82, 2.24) is 9.96 Å². The Morgan fingerprint density at radius 1 is 0.943 bits per heavy atom. The number of rotatable bonds is 6. The van der Waals surface area contributed by atoms with Gasteiger partial charge in [0.05, 0.1) is 5.54 Å². The highest BCUT2D eigenvalue weighted by molar-refractivity contribution is 5.98. The van der Waals surface area contributed by atoms with Gasteiger partial charge in [0.25, 0.3) is 0 Å². The lowest BCUT2D eigenvalue weighted by Crippen LogP contribution is -2.58. The Kier molecular flexibility index (Phi) is 6.80. The molecule has 0 aliphatic carbocycles. The molecule has 1 fully saturated rings. The molecule has 3 aromatic carbocycles. The molecule has 35 heavy (non-hydrogen) atoms. The number of aryl methyl sites for hydroxylation is 2. The predicted octanol–water partition coefficient (Wildman–Crippen LogP) is 5.82. The number of nitrogens with zero attached hydrogens (tertiary/aromatic N) is 3. The van der Waals surface area contributed by atoms with Crippen LogP contribution in [0.3, 0.4) is 0 Å². The highest BCUT2D eigenvalue weighted by Crippen LogP contribution is 2.38. The van der Waals surface area contributed by atoms with Gasteiger partial charge in [0, 0.05) is 17.9 Å². The Balaban J connectivity index is 1.64.